The normalized spacial score (nSPS) is 10.6. The molecule has 0 unspecified atom stereocenters. The maximum atomic E-state index is 12.5. The Morgan fingerprint density at radius 1 is 1.13 bits per heavy atom. The summed E-state index contributed by atoms with van der Waals surface area (Å²) in [6.07, 6.45) is 0.120. The van der Waals surface area contributed by atoms with Crippen molar-refractivity contribution in [3.8, 4) is 33.5 Å². The number of aromatic nitrogens is 3. The number of carbonyl (C=O) groups is 1. The first-order valence-corrected chi connectivity index (χ1v) is 10.1. The van der Waals surface area contributed by atoms with Crippen LogP contribution in [-0.2, 0) is 11.2 Å². The molecule has 4 aromatic rings. The molecule has 0 bridgehead atoms. The van der Waals surface area contributed by atoms with Crippen LogP contribution in [0.4, 0.5) is 5.69 Å². The number of benzene rings is 2. The highest BCUT2D eigenvalue weighted by molar-refractivity contribution is 7.13. The van der Waals surface area contributed by atoms with Crippen molar-refractivity contribution in [2.75, 3.05) is 19.5 Å². The van der Waals surface area contributed by atoms with Gasteiger partial charge in [0, 0.05) is 22.2 Å². The summed E-state index contributed by atoms with van der Waals surface area (Å²) in [6, 6.07) is 12.5. The number of aromatic amines is 1. The van der Waals surface area contributed by atoms with Gasteiger partial charge in [-0.1, -0.05) is 17.3 Å². The first kappa shape index (κ1) is 20.4. The number of H-pyrrole nitrogens is 1. The van der Waals surface area contributed by atoms with Gasteiger partial charge in [-0.2, -0.15) is 0 Å². The third kappa shape index (κ3) is 4.64. The standard InChI is InChI=1S/C21H18N4O5S/c1-28-16-7-6-13(9-17(16)29-2)20-23-15(11-31-20)10-18(26)22-14-5-3-4-12(8-14)19-24-21(27)30-25-19/h3-9,11H,10H2,1-2H3,(H,22,26)(H,24,25,27). The Morgan fingerprint density at radius 2 is 1.97 bits per heavy atom. The minimum atomic E-state index is -0.641. The van der Waals surface area contributed by atoms with E-state index in [-0.39, 0.29) is 12.3 Å². The molecule has 0 aliphatic heterocycles. The number of nitrogens with zero attached hydrogens (tertiary/aromatic N) is 2. The number of hydrogen-bond donors (Lipinski definition) is 2. The molecule has 31 heavy (non-hydrogen) atoms. The van der Waals surface area contributed by atoms with Crippen LogP contribution in [0.3, 0.4) is 0 Å². The molecule has 2 heterocycles. The zero-order valence-corrected chi connectivity index (χ0v) is 17.5. The minimum Gasteiger partial charge on any atom is -0.493 e. The van der Waals surface area contributed by atoms with Crippen LogP contribution in [0.15, 0.2) is 57.2 Å². The monoisotopic (exact) mass is 438 g/mol. The Morgan fingerprint density at radius 3 is 2.71 bits per heavy atom. The van der Waals surface area contributed by atoms with E-state index >= 15 is 0 Å². The zero-order valence-electron chi connectivity index (χ0n) is 16.7. The molecule has 158 valence electrons. The molecule has 0 aliphatic rings. The first-order valence-electron chi connectivity index (χ1n) is 9.19. The lowest BCUT2D eigenvalue weighted by atomic mass is 10.2. The molecule has 4 rings (SSSR count). The molecular weight excluding hydrogens is 420 g/mol. The lowest BCUT2D eigenvalue weighted by Gasteiger charge is -2.08. The van der Waals surface area contributed by atoms with Crippen LogP contribution in [0.1, 0.15) is 5.69 Å². The predicted octanol–water partition coefficient (Wildman–Crippen LogP) is 3.35. The Balaban J connectivity index is 1.44. The minimum absolute atomic E-state index is 0.120. The van der Waals surface area contributed by atoms with Crippen LogP contribution in [0.25, 0.3) is 22.0 Å². The van der Waals surface area contributed by atoms with Gasteiger partial charge >= 0.3 is 5.76 Å². The third-order valence-electron chi connectivity index (χ3n) is 4.38. The molecule has 0 saturated heterocycles. The maximum Gasteiger partial charge on any atom is 0.439 e. The number of carbonyl (C=O) groups excluding carboxylic acids is 1. The van der Waals surface area contributed by atoms with E-state index in [1.54, 1.807) is 38.5 Å². The number of hydrogen-bond acceptors (Lipinski definition) is 8. The van der Waals surface area contributed by atoms with E-state index in [0.717, 1.165) is 10.6 Å². The van der Waals surface area contributed by atoms with E-state index in [1.807, 2.05) is 23.6 Å². The van der Waals surface area contributed by atoms with E-state index in [1.165, 1.54) is 11.3 Å². The van der Waals surface area contributed by atoms with E-state index in [9.17, 15) is 9.59 Å². The molecule has 0 fully saturated rings. The van der Waals surface area contributed by atoms with Gasteiger partial charge in [0.05, 0.1) is 26.3 Å². The van der Waals surface area contributed by atoms with Crippen LogP contribution in [0.2, 0.25) is 0 Å². The van der Waals surface area contributed by atoms with Crippen molar-refractivity contribution in [2.24, 2.45) is 0 Å². The van der Waals surface area contributed by atoms with Crippen molar-refractivity contribution in [1.82, 2.24) is 15.1 Å². The van der Waals surface area contributed by atoms with Crippen molar-refractivity contribution in [3.05, 3.63) is 64.1 Å². The van der Waals surface area contributed by atoms with E-state index in [2.05, 4.69) is 25.0 Å². The Labute approximate surface area is 180 Å². The second-order valence-electron chi connectivity index (χ2n) is 6.46. The summed E-state index contributed by atoms with van der Waals surface area (Å²) in [4.78, 5) is 30.7. The van der Waals surface area contributed by atoms with E-state index in [0.29, 0.717) is 34.3 Å². The van der Waals surface area contributed by atoms with Crippen molar-refractivity contribution >= 4 is 22.9 Å². The summed E-state index contributed by atoms with van der Waals surface area (Å²) in [5.41, 5.74) is 2.72. The number of methoxy groups -OCH3 is 2. The average Bonchev–Trinajstić information content (AvgIpc) is 3.42. The molecule has 2 aromatic heterocycles. The lowest BCUT2D eigenvalue weighted by molar-refractivity contribution is -0.115. The first-order chi connectivity index (χ1) is 15.1. The highest BCUT2D eigenvalue weighted by Gasteiger charge is 2.13. The van der Waals surface area contributed by atoms with Gasteiger partial charge < -0.3 is 14.8 Å². The topological polar surface area (TPSA) is 119 Å². The van der Waals surface area contributed by atoms with Gasteiger partial charge in [0.2, 0.25) is 5.91 Å². The van der Waals surface area contributed by atoms with Crippen LogP contribution < -0.4 is 20.5 Å². The van der Waals surface area contributed by atoms with Crippen LogP contribution in [-0.4, -0.2) is 35.3 Å². The summed E-state index contributed by atoms with van der Waals surface area (Å²) in [5.74, 6) is 0.690. The summed E-state index contributed by atoms with van der Waals surface area (Å²) in [6.45, 7) is 0. The highest BCUT2D eigenvalue weighted by Crippen LogP contribution is 2.33. The van der Waals surface area contributed by atoms with Crippen LogP contribution in [0.5, 0.6) is 11.5 Å². The summed E-state index contributed by atoms with van der Waals surface area (Å²) in [7, 11) is 3.16. The molecule has 0 aliphatic carbocycles. The largest absolute Gasteiger partial charge is 0.493 e. The number of rotatable bonds is 7. The SMILES string of the molecule is COc1ccc(-c2nc(CC(=O)Nc3cccc(-c4noc(=O)[nH]4)c3)cs2)cc1OC. The van der Waals surface area contributed by atoms with Gasteiger partial charge in [-0.3, -0.25) is 14.3 Å². The number of nitrogens with one attached hydrogen (secondary N) is 2. The lowest BCUT2D eigenvalue weighted by Crippen LogP contribution is -2.14. The van der Waals surface area contributed by atoms with Crippen molar-refractivity contribution in [1.29, 1.82) is 0 Å². The average molecular weight is 438 g/mol. The fraction of sp³-hybridized carbons (Fsp3) is 0.143. The molecule has 2 N–H and O–H groups in total. The molecule has 0 saturated carbocycles. The Kier molecular flexibility index (Phi) is 5.80. The number of anilines is 1. The van der Waals surface area contributed by atoms with Gasteiger partial charge in [-0.05, 0) is 30.3 Å². The quantitative estimate of drug-likeness (QED) is 0.454. The smallest absolute Gasteiger partial charge is 0.439 e. The predicted molar refractivity (Wildman–Crippen MR) is 116 cm³/mol. The number of amides is 1. The highest BCUT2D eigenvalue weighted by atomic mass is 32.1. The zero-order chi connectivity index (χ0) is 21.8. The third-order valence-corrected chi connectivity index (χ3v) is 5.32. The molecular formula is C21H18N4O5S. The molecule has 0 radical (unpaired) electrons. The van der Waals surface area contributed by atoms with Crippen molar-refractivity contribution < 1.29 is 18.8 Å². The van der Waals surface area contributed by atoms with Gasteiger partial charge in [0.25, 0.3) is 0 Å². The second kappa shape index (κ2) is 8.84. The van der Waals surface area contributed by atoms with Crippen LogP contribution >= 0.6 is 11.3 Å². The van der Waals surface area contributed by atoms with Gasteiger partial charge in [0.15, 0.2) is 17.3 Å². The van der Waals surface area contributed by atoms with Crippen LogP contribution in [0, 0.1) is 0 Å². The van der Waals surface area contributed by atoms with E-state index < -0.39 is 5.76 Å². The van der Waals surface area contributed by atoms with Crippen molar-refractivity contribution in [3.63, 3.8) is 0 Å². The van der Waals surface area contributed by atoms with Gasteiger partial charge in [-0.25, -0.2) is 9.78 Å². The number of thiazole rings is 1. The molecule has 9 nitrogen and oxygen atoms in total. The van der Waals surface area contributed by atoms with Gasteiger partial charge in [-0.15, -0.1) is 11.3 Å². The Bertz CT molecular complexity index is 1280. The fourth-order valence-corrected chi connectivity index (χ4v) is 3.77. The fourth-order valence-electron chi connectivity index (χ4n) is 2.96. The molecule has 2 aromatic carbocycles. The van der Waals surface area contributed by atoms with Gasteiger partial charge in [0.1, 0.15) is 5.01 Å². The molecule has 0 spiro atoms. The summed E-state index contributed by atoms with van der Waals surface area (Å²) in [5, 5.41) is 9.10. The molecule has 1 amide bonds. The maximum absolute atomic E-state index is 12.5. The van der Waals surface area contributed by atoms with E-state index in [4.69, 9.17) is 9.47 Å². The summed E-state index contributed by atoms with van der Waals surface area (Å²) >= 11 is 1.45. The Hall–Kier alpha value is -3.92. The number of ether oxygens (including phenoxy) is 2. The molecule has 10 heteroatoms. The molecule has 0 atom stereocenters. The van der Waals surface area contributed by atoms with Crippen molar-refractivity contribution in [2.45, 2.75) is 6.42 Å². The summed E-state index contributed by atoms with van der Waals surface area (Å²) < 4.78 is 15.1. The second-order valence-corrected chi connectivity index (χ2v) is 7.32.